The summed E-state index contributed by atoms with van der Waals surface area (Å²) in [6.45, 7) is 1.34. The van der Waals surface area contributed by atoms with Crippen LogP contribution >= 0.6 is 11.3 Å². The van der Waals surface area contributed by atoms with Gasteiger partial charge in [-0.05, 0) is 42.5 Å². The number of thiazole rings is 1. The molecular weight excluding hydrogens is 384 g/mol. The first-order chi connectivity index (χ1) is 14.2. The van der Waals surface area contributed by atoms with Crippen molar-refractivity contribution in [2.75, 3.05) is 13.7 Å². The number of aromatic nitrogens is 3. The molecule has 144 valence electrons. The average Bonchev–Trinajstić information content (AvgIpc) is 3.47. The predicted molar refractivity (Wildman–Crippen MR) is 113 cm³/mol. The first-order valence-corrected chi connectivity index (χ1v) is 10.1. The van der Waals surface area contributed by atoms with Crippen LogP contribution in [0.15, 0.2) is 70.6 Å². The van der Waals surface area contributed by atoms with Gasteiger partial charge in [-0.3, -0.25) is 14.4 Å². The van der Waals surface area contributed by atoms with E-state index in [4.69, 9.17) is 9.84 Å². The van der Waals surface area contributed by atoms with Crippen LogP contribution in [0, 0.1) is 0 Å². The molecule has 4 aromatic rings. The molecule has 0 spiro atoms. The fourth-order valence-corrected chi connectivity index (χ4v) is 4.41. The van der Waals surface area contributed by atoms with Crippen LogP contribution in [0.1, 0.15) is 5.56 Å². The summed E-state index contributed by atoms with van der Waals surface area (Å²) in [5.74, 6) is 0.788. The Morgan fingerprint density at radius 1 is 1.10 bits per heavy atom. The molecule has 29 heavy (non-hydrogen) atoms. The van der Waals surface area contributed by atoms with E-state index in [0.29, 0.717) is 17.6 Å². The molecular formula is C22H18N4O2S. The van der Waals surface area contributed by atoms with E-state index >= 15 is 0 Å². The first kappa shape index (κ1) is 17.6. The second-order valence-electron chi connectivity index (χ2n) is 6.67. The second-order valence-corrected chi connectivity index (χ2v) is 7.68. The number of nitrogens with zero attached hydrogens (tertiary/aromatic N) is 4. The molecule has 1 aliphatic heterocycles. The highest BCUT2D eigenvalue weighted by molar-refractivity contribution is 7.07. The third kappa shape index (κ3) is 3.19. The van der Waals surface area contributed by atoms with E-state index in [1.165, 1.54) is 11.3 Å². The van der Waals surface area contributed by atoms with Crippen LogP contribution in [0.3, 0.4) is 0 Å². The Bertz CT molecular complexity index is 1350. The number of para-hydroxylation sites is 1. The Morgan fingerprint density at radius 2 is 1.90 bits per heavy atom. The van der Waals surface area contributed by atoms with Crippen molar-refractivity contribution in [1.29, 1.82) is 0 Å². The lowest BCUT2D eigenvalue weighted by molar-refractivity contribution is 0.415. The van der Waals surface area contributed by atoms with Gasteiger partial charge in [0, 0.05) is 23.9 Å². The summed E-state index contributed by atoms with van der Waals surface area (Å²) < 4.78 is 9.52. The van der Waals surface area contributed by atoms with E-state index in [2.05, 4.69) is 4.99 Å². The van der Waals surface area contributed by atoms with Gasteiger partial charge in [-0.15, -0.1) is 0 Å². The molecule has 0 saturated heterocycles. The lowest BCUT2D eigenvalue weighted by Crippen LogP contribution is -2.29. The van der Waals surface area contributed by atoms with Crippen molar-refractivity contribution in [2.24, 2.45) is 4.99 Å². The van der Waals surface area contributed by atoms with Crippen molar-refractivity contribution < 1.29 is 4.74 Å². The number of rotatable bonds is 4. The van der Waals surface area contributed by atoms with Crippen molar-refractivity contribution in [3.8, 4) is 22.7 Å². The van der Waals surface area contributed by atoms with Crippen LogP contribution in [0.5, 0.6) is 5.75 Å². The molecule has 0 fully saturated rings. The van der Waals surface area contributed by atoms with Crippen molar-refractivity contribution in [2.45, 2.75) is 6.54 Å². The molecule has 2 aromatic carbocycles. The van der Waals surface area contributed by atoms with Crippen molar-refractivity contribution in [3.05, 3.63) is 86.0 Å². The average molecular weight is 402 g/mol. The summed E-state index contributed by atoms with van der Waals surface area (Å²) in [4.78, 5) is 17.9. The van der Waals surface area contributed by atoms with E-state index < -0.39 is 0 Å². The van der Waals surface area contributed by atoms with Gasteiger partial charge in [0.1, 0.15) is 11.4 Å². The minimum absolute atomic E-state index is 0.0133. The maximum atomic E-state index is 12.7. The lowest BCUT2D eigenvalue weighted by Gasteiger charge is -2.02. The van der Waals surface area contributed by atoms with Gasteiger partial charge >= 0.3 is 0 Å². The van der Waals surface area contributed by atoms with Crippen LogP contribution in [0.2, 0.25) is 0 Å². The van der Waals surface area contributed by atoms with E-state index in [-0.39, 0.29) is 5.56 Å². The van der Waals surface area contributed by atoms with Gasteiger partial charge in [-0.25, -0.2) is 4.68 Å². The summed E-state index contributed by atoms with van der Waals surface area (Å²) in [7, 11) is 1.65. The quantitative estimate of drug-likeness (QED) is 0.526. The zero-order valence-electron chi connectivity index (χ0n) is 15.8. The maximum Gasteiger partial charge on any atom is 0.270 e. The molecule has 2 aromatic heterocycles. The molecule has 5 rings (SSSR count). The number of ether oxygens (including phenoxy) is 1. The highest BCUT2D eigenvalue weighted by atomic mass is 32.1. The van der Waals surface area contributed by atoms with E-state index in [1.54, 1.807) is 11.7 Å². The molecule has 0 saturated carbocycles. The third-order valence-electron chi connectivity index (χ3n) is 4.87. The molecule has 3 heterocycles. The normalized spacial score (nSPS) is 13.3. The number of hydrogen-bond donors (Lipinski definition) is 0. The second kappa shape index (κ2) is 7.18. The molecule has 0 amide bonds. The summed E-state index contributed by atoms with van der Waals surface area (Å²) in [5.41, 5.74) is 3.63. The van der Waals surface area contributed by atoms with Gasteiger partial charge in [0.15, 0.2) is 4.80 Å². The third-order valence-corrected chi connectivity index (χ3v) is 5.92. The highest BCUT2D eigenvalue weighted by Gasteiger charge is 2.14. The van der Waals surface area contributed by atoms with Gasteiger partial charge in [-0.2, -0.15) is 5.10 Å². The van der Waals surface area contributed by atoms with Crippen LogP contribution in [0.4, 0.5) is 0 Å². The van der Waals surface area contributed by atoms with E-state index in [0.717, 1.165) is 33.1 Å². The molecule has 1 aliphatic rings. The fraction of sp³-hybridized carbons (Fsp3) is 0.136. The van der Waals surface area contributed by atoms with Crippen LogP contribution in [-0.2, 0) is 6.54 Å². The smallest absolute Gasteiger partial charge is 0.270 e. The summed E-state index contributed by atoms with van der Waals surface area (Å²) in [6.07, 6.45) is 3.88. The Balaban J connectivity index is 1.70. The minimum Gasteiger partial charge on any atom is -0.497 e. The van der Waals surface area contributed by atoms with Gasteiger partial charge < -0.3 is 4.74 Å². The fourth-order valence-electron chi connectivity index (χ4n) is 3.39. The standard InChI is InChI=1S/C22H18N4O2S/c1-28-18-9-7-15(8-10-18)20-16(14-26(24-20)17-5-3-2-4-6-17)13-19-21(27)25-12-11-23-22(25)29-19/h2-10,13-14H,11-12H2,1H3/b19-13-. The SMILES string of the molecule is COc1ccc(-c2nn(-c3ccccc3)cc2/C=c2\sc3n(c2=O)CCN=3)cc1. The monoisotopic (exact) mass is 402 g/mol. The topological polar surface area (TPSA) is 61.4 Å². The molecule has 0 atom stereocenters. The van der Waals surface area contributed by atoms with Crippen molar-refractivity contribution in [3.63, 3.8) is 0 Å². The highest BCUT2D eigenvalue weighted by Crippen LogP contribution is 2.26. The predicted octanol–water partition coefficient (Wildman–Crippen LogP) is 2.23. The largest absolute Gasteiger partial charge is 0.497 e. The van der Waals surface area contributed by atoms with Crippen LogP contribution < -0.4 is 19.6 Å². The Hall–Kier alpha value is -3.45. The lowest BCUT2D eigenvalue weighted by atomic mass is 10.1. The molecule has 0 N–H and O–H groups in total. The van der Waals surface area contributed by atoms with Gasteiger partial charge in [0.05, 0.1) is 23.9 Å². The number of benzene rings is 2. The van der Waals surface area contributed by atoms with Crippen LogP contribution in [-0.4, -0.2) is 28.0 Å². The number of fused-ring (bicyclic) bond motifs is 1. The molecule has 6 nitrogen and oxygen atoms in total. The summed E-state index contributed by atoms with van der Waals surface area (Å²) in [6, 6.07) is 17.7. The Kier molecular flexibility index (Phi) is 4.37. The molecule has 0 bridgehead atoms. The molecule has 0 unspecified atom stereocenters. The Morgan fingerprint density at radius 3 is 2.62 bits per heavy atom. The van der Waals surface area contributed by atoms with E-state index in [1.807, 2.05) is 71.6 Å². The summed E-state index contributed by atoms with van der Waals surface area (Å²) in [5, 5.41) is 4.81. The van der Waals surface area contributed by atoms with E-state index in [9.17, 15) is 4.79 Å². The van der Waals surface area contributed by atoms with Crippen molar-refractivity contribution >= 4 is 17.4 Å². The van der Waals surface area contributed by atoms with Gasteiger partial charge in [0.25, 0.3) is 5.56 Å². The molecule has 0 radical (unpaired) electrons. The van der Waals surface area contributed by atoms with Gasteiger partial charge in [-0.1, -0.05) is 29.5 Å². The van der Waals surface area contributed by atoms with Crippen molar-refractivity contribution in [1.82, 2.24) is 14.3 Å². The number of methoxy groups -OCH3 is 1. The number of hydrogen-bond acceptors (Lipinski definition) is 5. The van der Waals surface area contributed by atoms with Gasteiger partial charge in [0.2, 0.25) is 0 Å². The summed E-state index contributed by atoms with van der Waals surface area (Å²) >= 11 is 1.43. The zero-order valence-corrected chi connectivity index (χ0v) is 16.6. The van der Waals surface area contributed by atoms with Crippen LogP contribution in [0.25, 0.3) is 23.0 Å². The molecule has 0 aliphatic carbocycles. The molecule has 7 heteroatoms. The minimum atomic E-state index is 0.0133. The Labute approximate surface area is 170 Å². The maximum absolute atomic E-state index is 12.7. The first-order valence-electron chi connectivity index (χ1n) is 9.28. The zero-order chi connectivity index (χ0) is 19.8.